The Balaban J connectivity index is 0.000000205. The molecule has 12 rings (SSSR count). The number of carbonyl (C=O) groups excluding carboxylic acids is 3. The summed E-state index contributed by atoms with van der Waals surface area (Å²) in [5.41, 5.74) is 18.3. The van der Waals surface area contributed by atoms with Gasteiger partial charge in [0.1, 0.15) is 17.3 Å². The lowest BCUT2D eigenvalue weighted by Gasteiger charge is -2.39. The fourth-order valence-electron chi connectivity index (χ4n) is 12.2. The number of ether oxygens (including phenoxy) is 2. The van der Waals surface area contributed by atoms with E-state index in [9.17, 15) is 22.8 Å². The zero-order valence-corrected chi connectivity index (χ0v) is 74.9. The summed E-state index contributed by atoms with van der Waals surface area (Å²) in [4.78, 5) is 46.4. The maximum Gasteiger partial charge on any atom is 0.263 e. The van der Waals surface area contributed by atoms with Crippen LogP contribution in [-0.4, -0.2) is 85.3 Å². The van der Waals surface area contributed by atoms with E-state index >= 15 is 0 Å². The average molecular weight is 1600 g/mol. The highest BCUT2D eigenvalue weighted by atomic mass is 32.2. The van der Waals surface area contributed by atoms with E-state index in [1.165, 1.54) is 52.5 Å². The van der Waals surface area contributed by atoms with E-state index in [1.807, 2.05) is 133 Å². The summed E-state index contributed by atoms with van der Waals surface area (Å²) < 4.78 is 47.2. The number of hydrogen-bond acceptors (Lipinski definition) is 14. The number of methoxy groups -OCH3 is 1. The van der Waals surface area contributed by atoms with Crippen LogP contribution in [0, 0.1) is 40.4 Å². The Morgan fingerprint density at radius 2 is 1.35 bits per heavy atom. The van der Waals surface area contributed by atoms with Gasteiger partial charge in [-0.1, -0.05) is 249 Å². The standard InChI is InChI=1S/C15H20.C14H17NO2.C14H21NOS.C14H17NO.C13H19NO2S.C12H20N2OS.C12H17NO2/c1-15(2,3)9-8-12-10-13-6-4-5-7-14(13)11-12;1-14(2,3)13-9-12(17-15-13)10-7-5-6-8-11(10)16-4;1-14(2,3)11-6-4-8-15(10-11)13(16)12-7-5-9-17-12;1-10-12(14(2,3)4)15-13(16-10)11-8-6-5-7-9-11;1-13(2,3)11-6-4-7-12(10-11)14-8-5-9-17(14,15)16;1-8(2)10(15)14-11-13-9(7-16-11)6-12(3,4)5;1-12(2,3)8-15-10-6-4-9(5-7-10)11(13)14/h4-7,10H,8-9,11H2,1-3H3;5-9H,1-4H3;5,7,9,11H,4,6,8,10H2,1-3H3;5-9H,1-4H3;4,6-7,10H,5,8-9H2,1-3H3;7-8H,6H2,1-5H3,(H,13,14,15);4-7H,8H2,1-3H3,(H2,13,14). The van der Waals surface area contributed by atoms with Gasteiger partial charge in [0.25, 0.3) is 5.91 Å². The van der Waals surface area contributed by atoms with Crippen LogP contribution < -0.4 is 24.8 Å². The van der Waals surface area contributed by atoms with Gasteiger partial charge in [0.2, 0.25) is 27.7 Å². The van der Waals surface area contributed by atoms with Crippen LogP contribution >= 0.6 is 22.7 Å². The van der Waals surface area contributed by atoms with Crippen molar-refractivity contribution in [2.24, 2.45) is 39.2 Å². The number of amides is 3. The number of piperidine rings is 1. The lowest BCUT2D eigenvalue weighted by atomic mass is 9.76. The van der Waals surface area contributed by atoms with Crippen LogP contribution in [0.4, 0.5) is 10.8 Å². The Morgan fingerprint density at radius 1 is 0.690 bits per heavy atom. The molecule has 113 heavy (non-hydrogen) atoms. The van der Waals surface area contributed by atoms with Gasteiger partial charge in [0, 0.05) is 59.0 Å². The molecule has 1 aliphatic carbocycles. The van der Waals surface area contributed by atoms with Gasteiger partial charge in [-0.05, 0) is 174 Å². The number of carbonyl (C=O) groups is 3. The SMILES string of the molecule is CC(C)(C)C1CCCN(C(=O)c2cccs2)C1.CC(C)(C)CCC1=Cc2ccccc2C1.CC(C)(C)COc1ccc(C(N)=O)cc1.CC(C)(C)c1cccc(N2CCCS2(=O)=O)c1.CC(C)C(=O)Nc1nc(CC(C)(C)C)cs1.COc1ccccc1-c1cc(C(C)(C)C)no1.Cc1oc(-c2ccccc2)nc1C(C)(C)C. The van der Waals surface area contributed by atoms with Gasteiger partial charge in [0.05, 0.1) is 52.7 Å². The highest BCUT2D eigenvalue weighted by Crippen LogP contribution is 2.38. The highest BCUT2D eigenvalue weighted by Gasteiger charge is 2.33. The Kier molecular flexibility index (Phi) is 33.5. The lowest BCUT2D eigenvalue weighted by Crippen LogP contribution is -2.43. The van der Waals surface area contributed by atoms with Gasteiger partial charge in [-0.3, -0.25) is 18.7 Å². The molecule has 2 aliphatic heterocycles. The first-order chi connectivity index (χ1) is 52.5. The van der Waals surface area contributed by atoms with Gasteiger partial charge < -0.3 is 34.4 Å². The van der Waals surface area contributed by atoms with Gasteiger partial charge in [-0.2, -0.15) is 0 Å². The lowest BCUT2D eigenvalue weighted by molar-refractivity contribution is -0.118. The minimum atomic E-state index is -3.07. The quantitative estimate of drug-likeness (QED) is 0.110. The van der Waals surface area contributed by atoms with Gasteiger partial charge >= 0.3 is 0 Å². The zero-order valence-electron chi connectivity index (χ0n) is 72.4. The number of thiazole rings is 1. The predicted molar refractivity (Wildman–Crippen MR) is 471 cm³/mol. The number of benzene rings is 5. The molecule has 6 heterocycles. The van der Waals surface area contributed by atoms with Crippen LogP contribution in [-0.2, 0) is 43.9 Å². The number of primary amides is 1. The van der Waals surface area contributed by atoms with Crippen LogP contribution in [0.1, 0.15) is 251 Å². The van der Waals surface area contributed by atoms with E-state index in [0.717, 1.165) is 99.7 Å². The van der Waals surface area contributed by atoms with Crippen molar-refractivity contribution >= 4 is 67.3 Å². The summed E-state index contributed by atoms with van der Waals surface area (Å²) in [5, 5.41) is 11.6. The van der Waals surface area contributed by atoms with Crippen molar-refractivity contribution in [1.29, 1.82) is 0 Å². The number of oxazole rings is 1. The molecule has 3 aliphatic rings. The zero-order chi connectivity index (χ0) is 84.1. The van der Waals surface area contributed by atoms with Crippen molar-refractivity contribution < 1.29 is 41.2 Å². The molecule has 2 fully saturated rings. The van der Waals surface area contributed by atoms with E-state index in [0.29, 0.717) is 46.5 Å². The first-order valence-corrected chi connectivity index (χ1v) is 43.0. The third kappa shape index (κ3) is 31.2. The van der Waals surface area contributed by atoms with Crippen molar-refractivity contribution in [3.8, 4) is 34.3 Å². The Bertz CT molecular complexity index is 4600. The summed E-state index contributed by atoms with van der Waals surface area (Å²) in [5.74, 6) is 4.63. The molecule has 0 spiro atoms. The van der Waals surface area contributed by atoms with E-state index in [-0.39, 0.29) is 50.6 Å². The molecule has 9 aromatic rings. The van der Waals surface area contributed by atoms with Gasteiger partial charge in [0.15, 0.2) is 10.9 Å². The molecular formula is C94H131N7O9S3. The van der Waals surface area contributed by atoms with Crippen LogP contribution in [0.2, 0.25) is 0 Å². The average Bonchev–Trinajstić information content (AvgIpc) is 1.72. The number of nitrogens with two attached hydrogens (primary N) is 1. The largest absolute Gasteiger partial charge is 0.496 e. The third-order valence-electron chi connectivity index (χ3n) is 18.8. The smallest absolute Gasteiger partial charge is 0.263 e. The van der Waals surface area contributed by atoms with Crippen LogP contribution in [0.15, 0.2) is 171 Å². The fourth-order valence-corrected chi connectivity index (χ4v) is 15.1. The second-order valence-electron chi connectivity index (χ2n) is 37.5. The van der Waals surface area contributed by atoms with Crippen molar-refractivity contribution in [3.63, 3.8) is 0 Å². The Morgan fingerprint density at radius 3 is 1.88 bits per heavy atom. The number of aryl methyl sites for hydroxylation is 1. The summed E-state index contributed by atoms with van der Waals surface area (Å²) >= 11 is 3.04. The topological polar surface area (TPSA) is 213 Å². The Labute approximate surface area is 685 Å². The molecule has 1 atom stereocenters. The molecule has 3 amide bonds. The Hall–Kier alpha value is -8.65. The number of sulfonamides is 1. The molecule has 2 saturated heterocycles. The van der Waals surface area contributed by atoms with E-state index in [2.05, 4.69) is 196 Å². The molecule has 5 aromatic carbocycles. The normalized spacial score (nSPS) is 14.7. The molecule has 0 saturated carbocycles. The summed E-state index contributed by atoms with van der Waals surface area (Å²) in [7, 11) is -1.42. The maximum absolute atomic E-state index is 12.3. The van der Waals surface area contributed by atoms with Gasteiger partial charge in [-0.25, -0.2) is 18.4 Å². The van der Waals surface area contributed by atoms with Crippen molar-refractivity contribution in [2.45, 2.75) is 227 Å². The molecule has 1 unspecified atom stereocenters. The minimum absolute atomic E-state index is 0.00466. The van der Waals surface area contributed by atoms with E-state index < -0.39 is 15.9 Å². The van der Waals surface area contributed by atoms with E-state index in [4.69, 9.17) is 24.1 Å². The molecule has 3 N–H and O–H groups in total. The second kappa shape index (κ2) is 40.6. The maximum atomic E-state index is 12.3. The molecule has 4 aromatic heterocycles. The number of likely N-dealkylation sites (tertiary alicyclic amines) is 1. The number of allylic oxidation sites excluding steroid dienone is 1. The summed E-state index contributed by atoms with van der Waals surface area (Å²) in [6, 6.07) is 47.0. The van der Waals surface area contributed by atoms with Gasteiger partial charge in [-0.15, -0.1) is 22.7 Å². The molecule has 16 nitrogen and oxygen atoms in total. The summed E-state index contributed by atoms with van der Waals surface area (Å²) in [6.45, 7) is 54.6. The number of nitrogens with zero attached hydrogens (tertiary/aromatic N) is 5. The van der Waals surface area contributed by atoms with Crippen molar-refractivity contribution in [2.75, 3.05) is 48.7 Å². The number of rotatable bonds is 13. The number of nitrogens with one attached hydrogen (secondary N) is 1. The monoisotopic (exact) mass is 1600 g/mol. The van der Waals surface area contributed by atoms with Crippen LogP contribution in [0.5, 0.6) is 11.5 Å². The number of anilines is 2. The minimum Gasteiger partial charge on any atom is -0.496 e. The molecule has 614 valence electrons. The van der Waals surface area contributed by atoms with Crippen LogP contribution in [0.3, 0.4) is 0 Å². The molecule has 19 heteroatoms. The van der Waals surface area contributed by atoms with Crippen molar-refractivity contribution in [3.05, 3.63) is 212 Å². The molecular weight excluding hydrogens is 1470 g/mol. The molecule has 0 bridgehead atoms. The number of fused-ring (bicyclic) bond motifs is 1. The first-order valence-electron chi connectivity index (χ1n) is 39.6. The van der Waals surface area contributed by atoms with E-state index in [1.54, 1.807) is 48.3 Å². The second-order valence-corrected chi connectivity index (χ2v) is 41.4. The number of para-hydroxylation sites is 1. The van der Waals surface area contributed by atoms with Crippen LogP contribution in [0.25, 0.3) is 28.9 Å². The number of hydrogen-bond donors (Lipinski definition) is 2. The first kappa shape index (κ1) is 93.2. The number of thiophene rings is 1. The predicted octanol–water partition coefficient (Wildman–Crippen LogP) is 23.8. The summed E-state index contributed by atoms with van der Waals surface area (Å²) in [6.07, 6.45) is 10.1. The third-order valence-corrected chi connectivity index (χ3v) is 22.3. The number of aromatic nitrogens is 3. The molecule has 0 radical (unpaired) electrons. The van der Waals surface area contributed by atoms with Crippen molar-refractivity contribution in [1.82, 2.24) is 20.0 Å². The fraction of sp³-hybridized carbons (Fsp3) is 0.489. The highest BCUT2D eigenvalue weighted by molar-refractivity contribution is 7.93.